The van der Waals surface area contributed by atoms with Gasteiger partial charge in [-0.05, 0) is 52.4 Å². The van der Waals surface area contributed by atoms with E-state index in [1.165, 1.54) is 9.13 Å². The summed E-state index contributed by atoms with van der Waals surface area (Å²) in [5.74, 6) is 0.936. The fourth-order valence-electron chi connectivity index (χ4n) is 1.19. The van der Waals surface area contributed by atoms with Gasteiger partial charge in [-0.1, -0.05) is 23.7 Å². The topological polar surface area (TPSA) is 12.9 Å². The van der Waals surface area contributed by atoms with Crippen molar-refractivity contribution >= 4 is 46.0 Å². The maximum absolute atomic E-state index is 5.77. The van der Waals surface area contributed by atoms with Crippen LogP contribution in [0.2, 0.25) is 5.02 Å². The zero-order valence-electron chi connectivity index (χ0n) is 8.36. The lowest BCUT2D eigenvalue weighted by Crippen LogP contribution is -1.83. The highest BCUT2D eigenvalue weighted by molar-refractivity contribution is 14.1. The number of aromatic nitrogens is 1. The van der Waals surface area contributed by atoms with E-state index < -0.39 is 0 Å². The zero-order chi connectivity index (χ0) is 11.4. The second-order valence-corrected chi connectivity index (χ2v) is 5.91. The minimum absolute atomic E-state index is 0.679. The van der Waals surface area contributed by atoms with Gasteiger partial charge in [0.25, 0.3) is 0 Å². The van der Waals surface area contributed by atoms with Crippen molar-refractivity contribution in [3.05, 3.63) is 56.8 Å². The normalized spacial score (nSPS) is 10.4. The summed E-state index contributed by atoms with van der Waals surface area (Å²) in [5, 5.41) is 1.68. The van der Waals surface area contributed by atoms with E-state index in [4.69, 9.17) is 11.6 Å². The van der Waals surface area contributed by atoms with Gasteiger partial charge in [0, 0.05) is 15.5 Å². The minimum atomic E-state index is 0.679. The molecule has 0 bridgehead atoms. The molecule has 4 heteroatoms. The Labute approximate surface area is 118 Å². The quantitative estimate of drug-likeness (QED) is 0.584. The van der Waals surface area contributed by atoms with Crippen molar-refractivity contribution in [1.29, 1.82) is 0 Å². The summed E-state index contributed by atoms with van der Waals surface area (Å²) < 4.78 is 1.26. The molecule has 2 rings (SSSR count). The van der Waals surface area contributed by atoms with Crippen LogP contribution in [0.4, 0.5) is 0 Å². The molecule has 1 aromatic carbocycles. The summed E-state index contributed by atoms with van der Waals surface area (Å²) in [4.78, 5) is 4.24. The number of hydrogen-bond acceptors (Lipinski definition) is 2. The second kappa shape index (κ2) is 5.89. The Morgan fingerprint density at radius 3 is 2.50 bits per heavy atom. The molecule has 16 heavy (non-hydrogen) atoms. The zero-order valence-corrected chi connectivity index (χ0v) is 12.1. The lowest BCUT2D eigenvalue weighted by molar-refractivity contribution is 1.13. The van der Waals surface area contributed by atoms with Crippen molar-refractivity contribution in [2.45, 2.75) is 10.8 Å². The van der Waals surface area contributed by atoms with Crippen LogP contribution < -0.4 is 0 Å². The fraction of sp³-hybridized carbons (Fsp3) is 0.0833. The molecule has 0 aliphatic carbocycles. The van der Waals surface area contributed by atoms with E-state index in [-0.39, 0.29) is 0 Å². The first kappa shape index (κ1) is 12.2. The number of rotatable bonds is 3. The summed E-state index contributed by atoms with van der Waals surface area (Å²) in [7, 11) is 0. The molecule has 0 fully saturated rings. The van der Waals surface area contributed by atoms with Gasteiger partial charge in [0.15, 0.2) is 0 Å². The number of nitrogens with zero attached hydrogens (tertiary/aromatic N) is 1. The van der Waals surface area contributed by atoms with Crippen molar-refractivity contribution in [3.63, 3.8) is 0 Å². The van der Waals surface area contributed by atoms with E-state index in [0.717, 1.165) is 10.8 Å². The summed E-state index contributed by atoms with van der Waals surface area (Å²) in [5.41, 5.74) is 1.31. The van der Waals surface area contributed by atoms with Gasteiger partial charge >= 0.3 is 0 Å². The molecule has 1 heterocycles. The predicted molar refractivity (Wildman–Crippen MR) is 78.0 cm³/mol. The Kier molecular flexibility index (Phi) is 4.49. The molecule has 1 aromatic heterocycles. The molecule has 0 atom stereocenters. The summed E-state index contributed by atoms with van der Waals surface area (Å²) >= 11 is 9.80. The van der Waals surface area contributed by atoms with E-state index in [2.05, 4.69) is 51.8 Å². The highest BCUT2D eigenvalue weighted by atomic mass is 127. The van der Waals surface area contributed by atoms with Crippen LogP contribution in [-0.2, 0) is 5.75 Å². The molecule has 0 N–H and O–H groups in total. The highest BCUT2D eigenvalue weighted by Crippen LogP contribution is 2.22. The van der Waals surface area contributed by atoms with Crippen molar-refractivity contribution in [2.75, 3.05) is 0 Å². The van der Waals surface area contributed by atoms with Crippen LogP contribution in [0.25, 0.3) is 0 Å². The first-order valence-electron chi connectivity index (χ1n) is 4.73. The molecule has 0 saturated carbocycles. The third kappa shape index (κ3) is 3.64. The molecule has 0 spiro atoms. The molecule has 0 saturated heterocycles. The van der Waals surface area contributed by atoms with Crippen LogP contribution in [0.1, 0.15) is 5.56 Å². The second-order valence-electron chi connectivity index (χ2n) is 3.23. The lowest BCUT2D eigenvalue weighted by atomic mass is 10.2. The Morgan fingerprint density at radius 2 is 1.88 bits per heavy atom. The van der Waals surface area contributed by atoms with Crippen molar-refractivity contribution < 1.29 is 0 Å². The fourth-order valence-corrected chi connectivity index (χ4v) is 2.46. The summed E-state index contributed by atoms with van der Waals surface area (Å²) in [6, 6.07) is 12.3. The van der Waals surface area contributed by atoms with E-state index in [1.807, 2.05) is 12.1 Å². The minimum Gasteiger partial charge on any atom is -0.248 e. The van der Waals surface area contributed by atoms with E-state index in [1.54, 1.807) is 18.0 Å². The maximum atomic E-state index is 5.77. The lowest BCUT2D eigenvalue weighted by Gasteiger charge is -2.01. The van der Waals surface area contributed by atoms with Gasteiger partial charge in [0.05, 0.1) is 10.0 Å². The Hall–Kier alpha value is -0.260. The molecule has 0 amide bonds. The van der Waals surface area contributed by atoms with Gasteiger partial charge in [0.2, 0.25) is 0 Å². The third-order valence-electron chi connectivity index (χ3n) is 2.00. The Balaban J connectivity index is 1.97. The number of pyridine rings is 1. The number of hydrogen-bond donors (Lipinski definition) is 0. The van der Waals surface area contributed by atoms with Gasteiger partial charge in [-0.25, -0.2) is 4.98 Å². The molecular formula is C12H9ClINS. The van der Waals surface area contributed by atoms with Gasteiger partial charge in [-0.2, -0.15) is 0 Å². The van der Waals surface area contributed by atoms with Gasteiger partial charge in [-0.15, -0.1) is 11.8 Å². The standard InChI is InChI=1S/C12H9ClINS/c13-10-3-6-12(15-7-10)16-8-9-1-4-11(14)5-2-9/h1-7H,8H2. The van der Waals surface area contributed by atoms with Crippen LogP contribution >= 0.6 is 46.0 Å². The molecule has 0 aliphatic heterocycles. The first-order valence-corrected chi connectivity index (χ1v) is 7.17. The molecule has 2 aromatic rings. The van der Waals surface area contributed by atoms with Gasteiger partial charge < -0.3 is 0 Å². The average molecular weight is 362 g/mol. The molecular weight excluding hydrogens is 353 g/mol. The van der Waals surface area contributed by atoms with E-state index >= 15 is 0 Å². The molecule has 0 aliphatic rings. The maximum Gasteiger partial charge on any atom is 0.0964 e. The van der Waals surface area contributed by atoms with E-state index in [9.17, 15) is 0 Å². The highest BCUT2D eigenvalue weighted by Gasteiger charge is 1.97. The van der Waals surface area contributed by atoms with Crippen molar-refractivity contribution in [2.24, 2.45) is 0 Å². The SMILES string of the molecule is Clc1ccc(SCc2ccc(I)cc2)nc1. The average Bonchev–Trinajstić information content (AvgIpc) is 2.30. The largest absolute Gasteiger partial charge is 0.248 e. The van der Waals surface area contributed by atoms with Crippen molar-refractivity contribution in [1.82, 2.24) is 4.98 Å². The van der Waals surface area contributed by atoms with Gasteiger partial charge in [0.1, 0.15) is 0 Å². The van der Waals surface area contributed by atoms with E-state index in [0.29, 0.717) is 5.02 Å². The van der Waals surface area contributed by atoms with Crippen molar-refractivity contribution in [3.8, 4) is 0 Å². The number of thioether (sulfide) groups is 1. The monoisotopic (exact) mass is 361 g/mol. The molecule has 0 unspecified atom stereocenters. The molecule has 0 radical (unpaired) electrons. The van der Waals surface area contributed by atoms with Crippen LogP contribution in [0.5, 0.6) is 0 Å². The predicted octanol–water partition coefficient (Wildman–Crippen LogP) is 4.63. The van der Waals surface area contributed by atoms with Gasteiger partial charge in [-0.3, -0.25) is 0 Å². The number of benzene rings is 1. The Morgan fingerprint density at radius 1 is 1.12 bits per heavy atom. The third-order valence-corrected chi connectivity index (χ3v) is 3.96. The smallest absolute Gasteiger partial charge is 0.0964 e. The molecule has 82 valence electrons. The summed E-state index contributed by atoms with van der Waals surface area (Å²) in [6.45, 7) is 0. The first-order chi connectivity index (χ1) is 7.74. The van der Waals surface area contributed by atoms with Crippen LogP contribution in [0.3, 0.4) is 0 Å². The van der Waals surface area contributed by atoms with Crippen LogP contribution in [-0.4, -0.2) is 4.98 Å². The Bertz CT molecular complexity index is 410. The van der Waals surface area contributed by atoms with Crippen LogP contribution in [0, 0.1) is 3.57 Å². The van der Waals surface area contributed by atoms with Crippen LogP contribution in [0.15, 0.2) is 47.6 Å². The number of halogens is 2. The summed E-state index contributed by atoms with van der Waals surface area (Å²) in [6.07, 6.45) is 1.68. The molecule has 1 nitrogen and oxygen atoms in total.